The molecule has 164 valence electrons. The molecule has 5 rings (SSSR count). The molecule has 1 fully saturated rings. The lowest BCUT2D eigenvalue weighted by atomic mass is 9.90. The van der Waals surface area contributed by atoms with Crippen molar-refractivity contribution in [3.63, 3.8) is 0 Å². The molecule has 2 N–H and O–H groups in total. The van der Waals surface area contributed by atoms with Gasteiger partial charge in [-0.25, -0.2) is 9.97 Å². The van der Waals surface area contributed by atoms with Crippen molar-refractivity contribution < 1.29 is 9.90 Å². The summed E-state index contributed by atoms with van der Waals surface area (Å²) in [5.41, 5.74) is 7.01. The number of aliphatic hydroxyl groups excluding tert-OH is 1. The third-order valence-electron chi connectivity index (χ3n) is 6.70. The lowest BCUT2D eigenvalue weighted by Crippen LogP contribution is -2.20. The third kappa shape index (κ3) is 4.44. The van der Waals surface area contributed by atoms with Gasteiger partial charge in [0.05, 0.1) is 30.1 Å². The predicted molar refractivity (Wildman–Crippen MR) is 125 cm³/mol. The van der Waals surface area contributed by atoms with Gasteiger partial charge in [0.25, 0.3) is 0 Å². The van der Waals surface area contributed by atoms with Crippen LogP contribution in [0.5, 0.6) is 0 Å². The van der Waals surface area contributed by atoms with Crippen LogP contribution in [-0.4, -0.2) is 21.0 Å². The first-order valence-electron chi connectivity index (χ1n) is 11.7. The van der Waals surface area contributed by atoms with Gasteiger partial charge in [-0.3, -0.25) is 4.79 Å². The fourth-order valence-corrected chi connectivity index (χ4v) is 5.02. The highest BCUT2D eigenvalue weighted by Gasteiger charge is 2.25. The van der Waals surface area contributed by atoms with Crippen molar-refractivity contribution >= 4 is 11.7 Å². The average Bonchev–Trinajstić information content (AvgIpc) is 3.33. The Bertz CT molecular complexity index is 1120. The molecule has 2 aromatic carbocycles. The molecule has 2 aliphatic carbocycles. The first-order valence-corrected chi connectivity index (χ1v) is 11.7. The minimum absolute atomic E-state index is 0.0468. The van der Waals surface area contributed by atoms with Gasteiger partial charge in [0.15, 0.2) is 5.82 Å². The lowest BCUT2D eigenvalue weighted by Gasteiger charge is -2.22. The van der Waals surface area contributed by atoms with E-state index in [1.54, 1.807) is 0 Å². The number of rotatable bonds is 6. The van der Waals surface area contributed by atoms with E-state index in [1.807, 2.05) is 36.4 Å². The molecule has 0 atom stereocenters. The van der Waals surface area contributed by atoms with E-state index in [9.17, 15) is 9.90 Å². The third-order valence-corrected chi connectivity index (χ3v) is 6.70. The molecule has 1 saturated carbocycles. The number of carbonyl (C=O) groups excluding carboxylic acids is 1. The molecule has 3 aromatic rings. The van der Waals surface area contributed by atoms with E-state index in [4.69, 9.17) is 9.97 Å². The molecule has 0 aliphatic heterocycles. The molecular formula is C27H29N3O2. The first-order chi connectivity index (χ1) is 15.7. The number of carbonyl (C=O) groups is 1. The van der Waals surface area contributed by atoms with Crippen molar-refractivity contribution in [3.8, 4) is 11.3 Å². The van der Waals surface area contributed by atoms with Crippen LogP contribution in [0.3, 0.4) is 0 Å². The van der Waals surface area contributed by atoms with Gasteiger partial charge in [-0.15, -0.1) is 0 Å². The quantitative estimate of drug-likeness (QED) is 0.601. The van der Waals surface area contributed by atoms with Gasteiger partial charge >= 0.3 is 0 Å². The van der Waals surface area contributed by atoms with Gasteiger partial charge in [-0.1, -0.05) is 74.2 Å². The molecule has 2 aliphatic rings. The second-order valence-electron chi connectivity index (χ2n) is 9.03. The molecule has 0 spiro atoms. The Kier molecular flexibility index (Phi) is 5.99. The number of benzene rings is 2. The van der Waals surface area contributed by atoms with Crippen molar-refractivity contribution in [2.24, 2.45) is 5.92 Å². The number of aliphatic hydroxyl groups is 1. The maximum atomic E-state index is 12.8. The molecule has 1 amide bonds. The molecule has 32 heavy (non-hydrogen) atoms. The molecular weight excluding hydrogens is 398 g/mol. The largest absolute Gasteiger partial charge is 0.392 e. The minimum atomic E-state index is -0.0538. The molecule has 0 bridgehead atoms. The summed E-state index contributed by atoms with van der Waals surface area (Å²) in [6.07, 6.45) is 7.80. The van der Waals surface area contributed by atoms with Crippen LogP contribution in [0.1, 0.15) is 53.8 Å². The highest BCUT2D eigenvalue weighted by atomic mass is 16.3. The van der Waals surface area contributed by atoms with Crippen LogP contribution in [0.2, 0.25) is 0 Å². The number of hydrogen-bond acceptors (Lipinski definition) is 4. The van der Waals surface area contributed by atoms with E-state index in [1.165, 1.54) is 31.2 Å². The Hall–Kier alpha value is -3.05. The van der Waals surface area contributed by atoms with Crippen LogP contribution in [-0.2, 0) is 37.1 Å². The Morgan fingerprint density at radius 2 is 1.81 bits per heavy atom. The highest BCUT2D eigenvalue weighted by molar-refractivity contribution is 5.92. The molecule has 5 heteroatoms. The minimum Gasteiger partial charge on any atom is -0.392 e. The zero-order valence-electron chi connectivity index (χ0n) is 18.3. The van der Waals surface area contributed by atoms with Crippen LogP contribution in [0.25, 0.3) is 11.3 Å². The molecule has 1 aromatic heterocycles. The zero-order chi connectivity index (χ0) is 21.9. The second-order valence-corrected chi connectivity index (χ2v) is 9.03. The summed E-state index contributed by atoms with van der Waals surface area (Å²) in [5.74, 6) is 1.18. The summed E-state index contributed by atoms with van der Waals surface area (Å²) in [6.45, 7) is 0.0468. The van der Waals surface area contributed by atoms with Gasteiger partial charge < -0.3 is 10.4 Å². The van der Waals surface area contributed by atoms with Crippen molar-refractivity contribution in [3.05, 3.63) is 76.6 Å². The Labute approximate surface area is 188 Å². The zero-order valence-corrected chi connectivity index (χ0v) is 18.3. The fourth-order valence-electron chi connectivity index (χ4n) is 5.02. The van der Waals surface area contributed by atoms with Crippen LogP contribution < -0.4 is 5.32 Å². The average molecular weight is 428 g/mol. The van der Waals surface area contributed by atoms with E-state index in [0.717, 1.165) is 53.0 Å². The molecule has 1 heterocycles. The van der Waals surface area contributed by atoms with Crippen molar-refractivity contribution in [1.29, 1.82) is 0 Å². The van der Waals surface area contributed by atoms with Crippen LogP contribution in [0.4, 0.5) is 5.82 Å². The first kappa shape index (κ1) is 20.8. The summed E-state index contributed by atoms with van der Waals surface area (Å²) in [4.78, 5) is 22.8. The number of fused-ring (bicyclic) bond motifs is 3. The molecule has 0 unspecified atom stereocenters. The number of anilines is 1. The normalized spacial score (nSPS) is 15.3. The van der Waals surface area contributed by atoms with Crippen LogP contribution in [0, 0.1) is 5.92 Å². The van der Waals surface area contributed by atoms with Gasteiger partial charge in [0.1, 0.15) is 0 Å². The van der Waals surface area contributed by atoms with E-state index in [0.29, 0.717) is 18.2 Å². The molecule has 0 saturated heterocycles. The van der Waals surface area contributed by atoms with Crippen molar-refractivity contribution in [2.45, 2.75) is 58.0 Å². The van der Waals surface area contributed by atoms with Gasteiger partial charge in [0, 0.05) is 5.56 Å². The summed E-state index contributed by atoms with van der Waals surface area (Å²) in [6, 6.07) is 15.9. The smallest absolute Gasteiger partial charge is 0.229 e. The van der Waals surface area contributed by atoms with Crippen molar-refractivity contribution in [1.82, 2.24) is 9.97 Å². The summed E-state index contributed by atoms with van der Waals surface area (Å²) in [5, 5.41) is 12.6. The number of aryl methyl sites for hydroxylation is 2. The molecule has 0 radical (unpaired) electrons. The maximum absolute atomic E-state index is 12.8. The topological polar surface area (TPSA) is 75.1 Å². The Balaban J connectivity index is 1.47. The van der Waals surface area contributed by atoms with Crippen LogP contribution >= 0.6 is 0 Å². The number of hydrogen-bond donors (Lipinski definition) is 2. The SMILES string of the molecule is O=C(Cc1ccccc1)Nc1nc2c(nc1CC1CCCC1)-c1ccc(CO)cc1CC2. The fraction of sp³-hybridized carbons (Fsp3) is 0.370. The monoisotopic (exact) mass is 427 g/mol. The maximum Gasteiger partial charge on any atom is 0.229 e. The van der Waals surface area contributed by atoms with Gasteiger partial charge in [0.2, 0.25) is 5.91 Å². The van der Waals surface area contributed by atoms with E-state index in [2.05, 4.69) is 17.4 Å². The Morgan fingerprint density at radius 3 is 2.59 bits per heavy atom. The van der Waals surface area contributed by atoms with Gasteiger partial charge in [-0.2, -0.15) is 0 Å². The predicted octanol–water partition coefficient (Wildman–Crippen LogP) is 4.65. The van der Waals surface area contributed by atoms with Crippen LogP contribution in [0.15, 0.2) is 48.5 Å². The van der Waals surface area contributed by atoms with E-state index >= 15 is 0 Å². The van der Waals surface area contributed by atoms with Crippen molar-refractivity contribution in [2.75, 3.05) is 5.32 Å². The van der Waals surface area contributed by atoms with E-state index in [-0.39, 0.29) is 12.5 Å². The summed E-state index contributed by atoms with van der Waals surface area (Å²) in [7, 11) is 0. The molecule has 5 nitrogen and oxygen atoms in total. The standard InChI is InChI=1S/C27H29N3O2/c31-17-20-10-12-22-21(14-20)11-13-23-26(22)28-24(15-18-8-4-5-9-18)27(29-23)30-25(32)16-19-6-2-1-3-7-19/h1-3,6-7,10,12,14,18,31H,4-5,8-9,11,13,15-17H2,(H,29,30,32). The Morgan fingerprint density at radius 1 is 1.00 bits per heavy atom. The van der Waals surface area contributed by atoms with E-state index < -0.39 is 0 Å². The number of aromatic nitrogens is 2. The highest BCUT2D eigenvalue weighted by Crippen LogP contribution is 2.35. The number of nitrogens with zero attached hydrogens (tertiary/aromatic N) is 2. The van der Waals surface area contributed by atoms with Gasteiger partial charge in [-0.05, 0) is 41.9 Å². The number of amides is 1. The summed E-state index contributed by atoms with van der Waals surface area (Å²) >= 11 is 0. The second kappa shape index (κ2) is 9.21. The lowest BCUT2D eigenvalue weighted by molar-refractivity contribution is -0.115. The number of nitrogens with one attached hydrogen (secondary N) is 1. The summed E-state index contributed by atoms with van der Waals surface area (Å²) < 4.78 is 0.